The minimum atomic E-state index is -0.454. The first kappa shape index (κ1) is 15.6. The zero-order valence-electron chi connectivity index (χ0n) is 11.9. The summed E-state index contributed by atoms with van der Waals surface area (Å²) in [6.07, 6.45) is 0.840. The van der Waals surface area contributed by atoms with Crippen molar-refractivity contribution in [3.05, 3.63) is 24.3 Å². The molecule has 0 saturated heterocycles. The van der Waals surface area contributed by atoms with Crippen LogP contribution in [0.5, 0.6) is 5.75 Å². The van der Waals surface area contributed by atoms with Gasteiger partial charge in [0.2, 0.25) is 0 Å². The van der Waals surface area contributed by atoms with Gasteiger partial charge in [0.25, 0.3) is 0 Å². The Balaban J connectivity index is 2.71. The Labute approximate surface area is 118 Å². The molecular formula is C14H20NO3Si. The summed E-state index contributed by atoms with van der Waals surface area (Å²) in [6, 6.07) is 7.25. The van der Waals surface area contributed by atoms with Crippen LogP contribution in [0.1, 0.15) is 27.2 Å². The number of amides is 1. The van der Waals surface area contributed by atoms with E-state index >= 15 is 0 Å². The van der Waals surface area contributed by atoms with Gasteiger partial charge in [-0.05, 0) is 44.5 Å². The number of ether oxygens (including phenoxy) is 2. The minimum absolute atomic E-state index is 0.361. The number of rotatable bonds is 5. The molecule has 0 aromatic heterocycles. The van der Waals surface area contributed by atoms with E-state index in [0.29, 0.717) is 6.23 Å². The average Bonchev–Trinajstić information content (AvgIpc) is 2.38. The van der Waals surface area contributed by atoms with Gasteiger partial charge in [-0.15, -0.1) is 0 Å². The summed E-state index contributed by atoms with van der Waals surface area (Å²) in [7, 11) is 4.93. The van der Waals surface area contributed by atoms with Gasteiger partial charge >= 0.3 is 6.09 Å². The summed E-state index contributed by atoms with van der Waals surface area (Å²) in [5, 5.41) is 0. The topological polar surface area (TPSA) is 38.8 Å². The Hall–Kier alpha value is -1.49. The van der Waals surface area contributed by atoms with Crippen molar-refractivity contribution in [1.82, 2.24) is 0 Å². The third kappa shape index (κ3) is 4.59. The number of carbonyl (C=O) groups is 1. The van der Waals surface area contributed by atoms with Gasteiger partial charge < -0.3 is 9.47 Å². The highest BCUT2D eigenvalue weighted by atomic mass is 28.1. The summed E-state index contributed by atoms with van der Waals surface area (Å²) in [4.78, 5) is 13.5. The van der Waals surface area contributed by atoms with Crippen LogP contribution in [0.25, 0.3) is 0 Å². The van der Waals surface area contributed by atoms with E-state index in [2.05, 4.69) is 10.2 Å². The maximum absolute atomic E-state index is 12.0. The second-order valence-corrected chi connectivity index (χ2v) is 5.11. The lowest BCUT2D eigenvalue weighted by atomic mass is 10.1. The molecule has 0 spiro atoms. The molecule has 1 aromatic rings. The number of hydrogen-bond donors (Lipinski definition) is 0. The van der Waals surface area contributed by atoms with Crippen LogP contribution in [0.4, 0.5) is 10.5 Å². The van der Waals surface area contributed by atoms with Gasteiger partial charge in [-0.2, -0.15) is 0 Å². The van der Waals surface area contributed by atoms with E-state index in [-0.39, 0.29) is 6.09 Å². The lowest BCUT2D eigenvalue weighted by Gasteiger charge is -2.27. The summed E-state index contributed by atoms with van der Waals surface area (Å²) < 4.78 is 10.7. The molecular weight excluding hydrogens is 258 g/mol. The van der Waals surface area contributed by atoms with Crippen LogP contribution in [-0.4, -0.2) is 35.2 Å². The summed E-state index contributed by atoms with van der Waals surface area (Å²) in [6.45, 7) is 5.77. The largest absolute Gasteiger partial charge is 0.498 e. The van der Waals surface area contributed by atoms with Crippen LogP contribution in [0, 0.1) is 0 Å². The van der Waals surface area contributed by atoms with Gasteiger partial charge in [0.15, 0.2) is 0 Å². The summed E-state index contributed by atoms with van der Waals surface area (Å²) in [5.74, 6) is 0.745. The highest BCUT2D eigenvalue weighted by Gasteiger charge is 2.23. The lowest BCUT2D eigenvalue weighted by Crippen LogP contribution is -2.35. The molecule has 1 rings (SSSR count). The minimum Gasteiger partial charge on any atom is -0.498 e. The van der Waals surface area contributed by atoms with Gasteiger partial charge in [-0.3, -0.25) is 4.90 Å². The standard InChI is InChI=1S/C14H20NO3Si/c1-5-14(2,3)18-13(16)15(4)11-6-8-12(9-7-11)17-10-19/h6-9H,5,10H2,1-4H3. The molecule has 0 atom stereocenters. The first-order valence-electron chi connectivity index (χ1n) is 6.24. The molecule has 0 N–H and O–H groups in total. The van der Waals surface area contributed by atoms with Gasteiger partial charge in [-0.1, -0.05) is 6.92 Å². The first-order valence-corrected chi connectivity index (χ1v) is 6.94. The maximum atomic E-state index is 12.0. The fraction of sp³-hybridized carbons (Fsp3) is 0.500. The van der Waals surface area contributed by atoms with Crippen LogP contribution in [0.15, 0.2) is 24.3 Å². The molecule has 19 heavy (non-hydrogen) atoms. The van der Waals surface area contributed by atoms with Crippen LogP contribution in [0.2, 0.25) is 0 Å². The Bertz CT molecular complexity index is 417. The van der Waals surface area contributed by atoms with E-state index in [1.807, 2.05) is 45.0 Å². The Morgan fingerprint density at radius 1 is 1.32 bits per heavy atom. The molecule has 0 aliphatic rings. The molecule has 0 aliphatic carbocycles. The third-order valence-corrected chi connectivity index (χ3v) is 3.10. The normalized spacial score (nSPS) is 11.0. The predicted molar refractivity (Wildman–Crippen MR) is 76.9 cm³/mol. The molecule has 0 saturated carbocycles. The monoisotopic (exact) mass is 278 g/mol. The van der Waals surface area contributed by atoms with Crippen LogP contribution >= 0.6 is 0 Å². The second kappa shape index (κ2) is 6.61. The van der Waals surface area contributed by atoms with Crippen LogP contribution in [0.3, 0.4) is 0 Å². The van der Waals surface area contributed by atoms with E-state index in [4.69, 9.17) is 9.47 Å². The van der Waals surface area contributed by atoms with Crippen molar-refractivity contribution in [2.75, 3.05) is 18.2 Å². The van der Waals surface area contributed by atoms with Crippen molar-refractivity contribution in [2.45, 2.75) is 32.8 Å². The van der Waals surface area contributed by atoms with Crippen molar-refractivity contribution in [1.29, 1.82) is 0 Å². The van der Waals surface area contributed by atoms with Crippen molar-refractivity contribution in [3.63, 3.8) is 0 Å². The van der Waals surface area contributed by atoms with Crippen LogP contribution < -0.4 is 9.64 Å². The average molecular weight is 278 g/mol. The van der Waals surface area contributed by atoms with Gasteiger partial charge in [0.1, 0.15) is 11.4 Å². The van der Waals surface area contributed by atoms with E-state index in [0.717, 1.165) is 17.9 Å². The smallest absolute Gasteiger partial charge is 0.414 e. The highest BCUT2D eigenvalue weighted by Crippen LogP contribution is 2.21. The molecule has 0 heterocycles. The van der Waals surface area contributed by atoms with Crippen molar-refractivity contribution < 1.29 is 14.3 Å². The molecule has 0 fully saturated rings. The molecule has 0 unspecified atom stereocenters. The SMILES string of the molecule is CCC(C)(C)OC(=O)N(C)c1ccc(OC[Si])cc1. The Morgan fingerprint density at radius 3 is 2.37 bits per heavy atom. The highest BCUT2D eigenvalue weighted by molar-refractivity contribution is 6.08. The maximum Gasteiger partial charge on any atom is 0.414 e. The zero-order chi connectivity index (χ0) is 14.5. The van der Waals surface area contributed by atoms with Crippen molar-refractivity contribution in [2.24, 2.45) is 0 Å². The van der Waals surface area contributed by atoms with Gasteiger partial charge in [0, 0.05) is 12.7 Å². The first-order chi connectivity index (χ1) is 8.89. The number of benzene rings is 1. The van der Waals surface area contributed by atoms with Crippen LogP contribution in [-0.2, 0) is 4.74 Å². The van der Waals surface area contributed by atoms with E-state index in [1.54, 1.807) is 7.05 Å². The van der Waals surface area contributed by atoms with E-state index < -0.39 is 5.60 Å². The molecule has 3 radical (unpaired) electrons. The zero-order valence-corrected chi connectivity index (χ0v) is 12.9. The van der Waals surface area contributed by atoms with Gasteiger partial charge in [0.05, 0.1) is 16.5 Å². The number of carbonyl (C=O) groups excluding carboxylic acids is 1. The second-order valence-electron chi connectivity index (χ2n) is 4.82. The molecule has 0 bridgehead atoms. The number of hydrogen-bond acceptors (Lipinski definition) is 3. The molecule has 4 nitrogen and oxygen atoms in total. The molecule has 5 heteroatoms. The Kier molecular flexibility index (Phi) is 5.41. The molecule has 0 aliphatic heterocycles. The number of nitrogens with zero attached hydrogens (tertiary/aromatic N) is 1. The fourth-order valence-electron chi connectivity index (χ4n) is 1.33. The van der Waals surface area contributed by atoms with E-state index in [9.17, 15) is 4.79 Å². The summed E-state index contributed by atoms with van der Waals surface area (Å²) >= 11 is 0. The lowest BCUT2D eigenvalue weighted by molar-refractivity contribution is 0.0419. The number of anilines is 1. The summed E-state index contributed by atoms with van der Waals surface area (Å²) in [5.41, 5.74) is 0.308. The van der Waals surface area contributed by atoms with Gasteiger partial charge in [-0.25, -0.2) is 4.79 Å². The van der Waals surface area contributed by atoms with Crippen molar-refractivity contribution >= 4 is 22.0 Å². The fourth-order valence-corrected chi connectivity index (χ4v) is 1.50. The predicted octanol–water partition coefficient (Wildman–Crippen LogP) is 2.95. The molecule has 103 valence electrons. The molecule has 1 aromatic carbocycles. The third-order valence-electron chi connectivity index (χ3n) is 2.95. The van der Waals surface area contributed by atoms with Crippen molar-refractivity contribution in [3.8, 4) is 5.75 Å². The molecule has 1 amide bonds. The quantitative estimate of drug-likeness (QED) is 0.777. The Morgan fingerprint density at radius 2 is 1.89 bits per heavy atom. The van der Waals surface area contributed by atoms with E-state index in [1.165, 1.54) is 4.90 Å².